The van der Waals surface area contributed by atoms with Gasteiger partial charge in [0.1, 0.15) is 0 Å². The fourth-order valence-electron chi connectivity index (χ4n) is 4.95. The van der Waals surface area contributed by atoms with Crippen molar-refractivity contribution in [1.82, 2.24) is 4.57 Å². The third-order valence-corrected chi connectivity index (χ3v) is 8.74. The first-order chi connectivity index (χ1) is 17.4. The van der Waals surface area contributed by atoms with Gasteiger partial charge in [0.2, 0.25) is 0 Å². The van der Waals surface area contributed by atoms with Crippen LogP contribution in [-0.4, -0.2) is 16.8 Å². The van der Waals surface area contributed by atoms with Crippen molar-refractivity contribution in [3.63, 3.8) is 0 Å². The van der Waals surface area contributed by atoms with E-state index in [9.17, 15) is 9.90 Å². The van der Waals surface area contributed by atoms with Gasteiger partial charge in [-0.1, -0.05) is 63.7 Å². The van der Waals surface area contributed by atoms with E-state index < -0.39 is 0 Å². The summed E-state index contributed by atoms with van der Waals surface area (Å²) in [6.45, 7) is 0. The molecule has 1 atom stereocenters. The average molecular weight is 624 g/mol. The van der Waals surface area contributed by atoms with Crippen LogP contribution in [0.3, 0.4) is 0 Å². The maximum atomic E-state index is 13.9. The van der Waals surface area contributed by atoms with Crippen LogP contribution in [0.15, 0.2) is 85.0 Å². The fourth-order valence-corrected chi connectivity index (χ4v) is 6.68. The van der Waals surface area contributed by atoms with Gasteiger partial charge in [-0.25, -0.2) is 4.99 Å². The van der Waals surface area contributed by atoms with Crippen molar-refractivity contribution in [2.45, 2.75) is 18.9 Å². The molecule has 1 aliphatic carbocycles. The van der Waals surface area contributed by atoms with Gasteiger partial charge in [0.15, 0.2) is 16.3 Å². The molecular formula is C28H20Br2N2O3S. The molecule has 5 nitrogen and oxygen atoms in total. The Bertz CT molecular complexity index is 1740. The van der Waals surface area contributed by atoms with Crippen molar-refractivity contribution in [3.8, 4) is 11.5 Å². The maximum Gasteiger partial charge on any atom is 0.271 e. The van der Waals surface area contributed by atoms with E-state index in [1.54, 1.807) is 12.1 Å². The van der Waals surface area contributed by atoms with E-state index in [2.05, 4.69) is 62.2 Å². The number of phenolic OH excluding ortho intramolecular Hbond substituents is 1. The molecule has 0 unspecified atom stereocenters. The number of hydrogen-bond acceptors (Lipinski definition) is 5. The molecule has 4 aromatic rings. The Balaban J connectivity index is 1.61. The van der Waals surface area contributed by atoms with Crippen molar-refractivity contribution in [2.24, 2.45) is 4.99 Å². The van der Waals surface area contributed by atoms with Crippen LogP contribution < -0.4 is 19.6 Å². The number of aromatic nitrogens is 1. The van der Waals surface area contributed by atoms with Gasteiger partial charge in [-0.2, -0.15) is 0 Å². The monoisotopic (exact) mass is 622 g/mol. The SMILES string of the molecule is COc1cc(/C=c2\sc3n(c2=O)[C@@H](c2ccc(Br)cc2)C2=C(N=3)c3ccccc3CC2)cc(Br)c1O. The molecule has 2 aliphatic rings. The molecule has 1 aromatic heterocycles. The highest BCUT2D eigenvalue weighted by Gasteiger charge is 2.32. The Labute approximate surface area is 228 Å². The van der Waals surface area contributed by atoms with E-state index in [0.29, 0.717) is 19.6 Å². The smallest absolute Gasteiger partial charge is 0.271 e. The molecule has 2 heterocycles. The highest BCUT2D eigenvalue weighted by atomic mass is 79.9. The first-order valence-electron chi connectivity index (χ1n) is 11.4. The van der Waals surface area contributed by atoms with Crippen LogP contribution in [0.5, 0.6) is 11.5 Å². The molecule has 0 bridgehead atoms. The van der Waals surface area contributed by atoms with Gasteiger partial charge in [0.05, 0.1) is 27.9 Å². The molecule has 0 saturated carbocycles. The minimum absolute atomic E-state index is 0.0256. The molecule has 0 spiro atoms. The van der Waals surface area contributed by atoms with E-state index in [4.69, 9.17) is 9.73 Å². The number of hydrogen-bond donors (Lipinski definition) is 1. The summed E-state index contributed by atoms with van der Waals surface area (Å²) in [6, 6.07) is 19.8. The maximum absolute atomic E-state index is 13.9. The third-order valence-electron chi connectivity index (χ3n) is 6.63. The molecule has 0 saturated heterocycles. The predicted molar refractivity (Wildman–Crippen MR) is 149 cm³/mol. The summed E-state index contributed by atoms with van der Waals surface area (Å²) in [4.78, 5) is 19.6. The quantitative estimate of drug-likeness (QED) is 0.325. The summed E-state index contributed by atoms with van der Waals surface area (Å²) >= 11 is 8.28. The molecule has 1 N–H and O–H groups in total. The number of nitrogens with zero attached hydrogens (tertiary/aromatic N) is 2. The Morgan fingerprint density at radius 3 is 2.67 bits per heavy atom. The number of ether oxygens (including phenoxy) is 1. The summed E-state index contributed by atoms with van der Waals surface area (Å²) < 4.78 is 9.19. The molecule has 0 amide bonds. The molecule has 6 rings (SSSR count). The minimum Gasteiger partial charge on any atom is -0.503 e. The molecule has 8 heteroatoms. The zero-order chi connectivity index (χ0) is 25.0. The van der Waals surface area contributed by atoms with Crippen molar-refractivity contribution in [3.05, 3.63) is 117 Å². The molecule has 3 aromatic carbocycles. The van der Waals surface area contributed by atoms with Crippen LogP contribution in [0.2, 0.25) is 0 Å². The first kappa shape index (κ1) is 23.5. The number of halogens is 2. The summed E-state index contributed by atoms with van der Waals surface area (Å²) in [5.41, 5.74) is 6.30. The summed E-state index contributed by atoms with van der Waals surface area (Å²) in [5.74, 6) is 0.362. The predicted octanol–water partition coefficient (Wildman–Crippen LogP) is 5.56. The number of thiazole rings is 1. The highest BCUT2D eigenvalue weighted by molar-refractivity contribution is 9.10. The fraction of sp³-hybridized carbons (Fsp3) is 0.143. The number of methoxy groups -OCH3 is 1. The van der Waals surface area contributed by atoms with Crippen molar-refractivity contribution < 1.29 is 9.84 Å². The summed E-state index contributed by atoms with van der Waals surface area (Å²) in [7, 11) is 1.50. The Hall–Kier alpha value is -2.94. The van der Waals surface area contributed by atoms with Gasteiger partial charge >= 0.3 is 0 Å². The number of aryl methyl sites for hydroxylation is 1. The second kappa shape index (κ2) is 9.18. The number of allylic oxidation sites excluding steroid dienone is 1. The van der Waals surface area contributed by atoms with Gasteiger partial charge in [0.25, 0.3) is 5.56 Å². The van der Waals surface area contributed by atoms with E-state index in [1.165, 1.54) is 29.6 Å². The number of phenols is 1. The summed E-state index contributed by atoms with van der Waals surface area (Å²) in [5, 5.41) is 10.2. The van der Waals surface area contributed by atoms with Crippen molar-refractivity contribution >= 4 is 55.0 Å². The number of aromatic hydroxyl groups is 1. The second-order valence-corrected chi connectivity index (χ2v) is 11.5. The molecule has 36 heavy (non-hydrogen) atoms. The molecule has 1 aliphatic heterocycles. The van der Waals surface area contributed by atoms with E-state index in [0.717, 1.165) is 39.7 Å². The van der Waals surface area contributed by atoms with E-state index in [1.807, 2.05) is 28.8 Å². The van der Waals surface area contributed by atoms with Gasteiger partial charge < -0.3 is 9.84 Å². The van der Waals surface area contributed by atoms with Crippen LogP contribution >= 0.6 is 43.2 Å². The highest BCUT2D eigenvalue weighted by Crippen LogP contribution is 2.41. The van der Waals surface area contributed by atoms with Gasteiger partial charge in [-0.15, -0.1) is 0 Å². The molecule has 180 valence electrons. The lowest BCUT2D eigenvalue weighted by Gasteiger charge is -2.30. The normalized spacial score (nSPS) is 16.8. The zero-order valence-electron chi connectivity index (χ0n) is 19.2. The Morgan fingerprint density at radius 1 is 1.11 bits per heavy atom. The number of benzene rings is 3. The van der Waals surface area contributed by atoms with Gasteiger partial charge in [-0.05, 0) is 81.4 Å². The van der Waals surface area contributed by atoms with Crippen LogP contribution in [-0.2, 0) is 6.42 Å². The van der Waals surface area contributed by atoms with Crippen LogP contribution in [0, 0.1) is 0 Å². The first-order valence-corrected chi connectivity index (χ1v) is 13.8. The Morgan fingerprint density at radius 2 is 1.89 bits per heavy atom. The minimum atomic E-state index is -0.221. The number of fused-ring (bicyclic) bond motifs is 3. The lowest BCUT2D eigenvalue weighted by Crippen LogP contribution is -2.38. The summed E-state index contributed by atoms with van der Waals surface area (Å²) in [6.07, 6.45) is 3.59. The molecule has 0 radical (unpaired) electrons. The van der Waals surface area contributed by atoms with Crippen LogP contribution in [0.25, 0.3) is 11.8 Å². The van der Waals surface area contributed by atoms with E-state index >= 15 is 0 Å². The van der Waals surface area contributed by atoms with Gasteiger partial charge in [0, 0.05) is 10.0 Å². The zero-order valence-corrected chi connectivity index (χ0v) is 23.2. The standard InChI is InChI=1S/C28H20Br2N2O3S/c1-35-22-13-15(12-21(30)26(22)33)14-23-27(34)32-25(17-6-9-18(29)10-7-17)20-11-8-16-4-2-3-5-19(16)24(20)31-28(32)36-23/h2-7,9-10,12-14,25,33H,8,11H2,1H3/b23-14-/t25-/m0/s1. The third kappa shape index (κ3) is 3.88. The topological polar surface area (TPSA) is 63.8 Å². The van der Waals surface area contributed by atoms with E-state index in [-0.39, 0.29) is 17.4 Å². The largest absolute Gasteiger partial charge is 0.503 e. The lowest BCUT2D eigenvalue weighted by atomic mass is 9.83. The van der Waals surface area contributed by atoms with Crippen LogP contribution in [0.4, 0.5) is 0 Å². The second-order valence-electron chi connectivity index (χ2n) is 8.72. The van der Waals surface area contributed by atoms with Crippen molar-refractivity contribution in [2.75, 3.05) is 7.11 Å². The van der Waals surface area contributed by atoms with Crippen molar-refractivity contribution in [1.29, 1.82) is 0 Å². The lowest BCUT2D eigenvalue weighted by molar-refractivity contribution is 0.372. The number of rotatable bonds is 3. The Kier molecular flexibility index (Phi) is 5.98. The average Bonchev–Trinajstić information content (AvgIpc) is 3.19. The van der Waals surface area contributed by atoms with Gasteiger partial charge in [-0.3, -0.25) is 9.36 Å². The molecular weight excluding hydrogens is 604 g/mol. The van der Waals surface area contributed by atoms with Crippen LogP contribution in [0.1, 0.15) is 34.7 Å². The molecule has 0 fully saturated rings.